The minimum absolute atomic E-state index is 0.198. The Morgan fingerprint density at radius 3 is 2.24 bits per heavy atom. The number of nitrogens with zero attached hydrogens (tertiary/aromatic N) is 2. The van der Waals surface area contributed by atoms with Gasteiger partial charge in [-0.15, -0.1) is 0 Å². The van der Waals surface area contributed by atoms with E-state index in [2.05, 4.69) is 34.1 Å². The molecule has 3 nitrogen and oxygen atoms in total. The van der Waals surface area contributed by atoms with Crippen LogP contribution in [0.4, 0.5) is 4.39 Å². The van der Waals surface area contributed by atoms with Crippen LogP contribution in [0.25, 0.3) is 0 Å². The Labute approximate surface area is 225 Å². The molecule has 0 amide bonds. The largest absolute Gasteiger partial charge is 0.299 e. The van der Waals surface area contributed by atoms with Gasteiger partial charge in [0.15, 0.2) is 5.78 Å². The lowest BCUT2D eigenvalue weighted by Crippen LogP contribution is -2.33. The van der Waals surface area contributed by atoms with Gasteiger partial charge >= 0.3 is 0 Å². The van der Waals surface area contributed by atoms with Crippen molar-refractivity contribution in [3.8, 4) is 0 Å². The molecule has 5 rings (SSSR count). The van der Waals surface area contributed by atoms with Crippen LogP contribution in [0.3, 0.4) is 0 Å². The highest BCUT2D eigenvalue weighted by Gasteiger charge is 2.21. The predicted molar refractivity (Wildman–Crippen MR) is 148 cm³/mol. The first-order valence-corrected chi connectivity index (χ1v) is 14.0. The molecule has 0 spiro atoms. The highest BCUT2D eigenvalue weighted by molar-refractivity contribution is 6.30. The van der Waals surface area contributed by atoms with Gasteiger partial charge < -0.3 is 0 Å². The molecule has 2 heterocycles. The van der Waals surface area contributed by atoms with E-state index in [4.69, 9.17) is 11.6 Å². The molecule has 0 atom stereocenters. The zero-order valence-corrected chi connectivity index (χ0v) is 22.2. The first kappa shape index (κ1) is 26.1. The normalized spacial score (nSPS) is 17.4. The molecule has 0 N–H and O–H groups in total. The predicted octanol–water partition coefficient (Wildman–Crippen LogP) is 7.30. The fourth-order valence-corrected chi connectivity index (χ4v) is 5.87. The SMILES string of the molecule is O=C(CCC1CCN(Cc2ccc(Cl)cc2)CC1)c1ccc2c(c1)CN(Cc1ccc(F)cc1)CCC2. The molecule has 0 saturated carbocycles. The van der Waals surface area contributed by atoms with E-state index in [0.717, 1.165) is 87.5 Å². The van der Waals surface area contributed by atoms with Crippen LogP contribution in [0.1, 0.15) is 64.7 Å². The molecule has 3 aromatic rings. The molecule has 1 saturated heterocycles. The summed E-state index contributed by atoms with van der Waals surface area (Å²) >= 11 is 6.01. The van der Waals surface area contributed by atoms with Gasteiger partial charge in [0.1, 0.15) is 5.82 Å². The highest BCUT2D eigenvalue weighted by atomic mass is 35.5. The number of aryl methyl sites for hydroxylation is 1. The maximum atomic E-state index is 13.3. The van der Waals surface area contributed by atoms with Gasteiger partial charge in [0.25, 0.3) is 0 Å². The Balaban J connectivity index is 1.12. The third-order valence-electron chi connectivity index (χ3n) is 7.97. The van der Waals surface area contributed by atoms with Gasteiger partial charge in [0, 0.05) is 36.6 Å². The van der Waals surface area contributed by atoms with E-state index in [1.54, 1.807) is 0 Å². The molecule has 2 aliphatic rings. The molecule has 194 valence electrons. The van der Waals surface area contributed by atoms with Crippen LogP contribution < -0.4 is 0 Å². The monoisotopic (exact) mass is 518 g/mol. The van der Waals surface area contributed by atoms with Crippen LogP contribution >= 0.6 is 11.6 Å². The number of Topliss-reactive ketones (excluding diaryl/α,β-unsaturated/α-hetero) is 1. The number of carbonyl (C=O) groups excluding carboxylic acids is 1. The highest BCUT2D eigenvalue weighted by Crippen LogP contribution is 2.26. The lowest BCUT2D eigenvalue weighted by molar-refractivity contribution is 0.0961. The molecule has 0 radical (unpaired) electrons. The fraction of sp³-hybridized carbons (Fsp3) is 0.406. The van der Waals surface area contributed by atoms with Gasteiger partial charge in [-0.3, -0.25) is 14.6 Å². The summed E-state index contributed by atoms with van der Waals surface area (Å²) < 4.78 is 13.3. The first-order chi connectivity index (χ1) is 18.0. The zero-order chi connectivity index (χ0) is 25.6. The number of carbonyl (C=O) groups is 1. The average Bonchev–Trinajstić information content (AvgIpc) is 3.12. The molecule has 0 aliphatic carbocycles. The second-order valence-electron chi connectivity index (χ2n) is 10.7. The van der Waals surface area contributed by atoms with Crippen molar-refractivity contribution in [2.75, 3.05) is 19.6 Å². The van der Waals surface area contributed by atoms with E-state index in [1.807, 2.05) is 30.3 Å². The molecule has 0 aromatic heterocycles. The number of likely N-dealkylation sites (tertiary alicyclic amines) is 1. The van der Waals surface area contributed by atoms with Gasteiger partial charge in [-0.1, -0.05) is 48.0 Å². The molecule has 1 fully saturated rings. The number of halogens is 2. The molecule has 37 heavy (non-hydrogen) atoms. The number of fused-ring (bicyclic) bond motifs is 1. The summed E-state index contributed by atoms with van der Waals surface area (Å²) in [6, 6.07) is 21.3. The maximum Gasteiger partial charge on any atom is 0.162 e. The first-order valence-electron chi connectivity index (χ1n) is 13.6. The number of hydrogen-bond donors (Lipinski definition) is 0. The Morgan fingerprint density at radius 2 is 1.51 bits per heavy atom. The Kier molecular flexibility index (Phi) is 8.70. The van der Waals surface area contributed by atoms with Crippen LogP contribution in [-0.4, -0.2) is 35.2 Å². The van der Waals surface area contributed by atoms with Crippen molar-refractivity contribution in [3.63, 3.8) is 0 Å². The van der Waals surface area contributed by atoms with Crippen LogP contribution in [-0.2, 0) is 26.1 Å². The minimum atomic E-state index is -0.198. The van der Waals surface area contributed by atoms with Crippen molar-refractivity contribution in [1.29, 1.82) is 0 Å². The molecular formula is C32H36ClFN2O. The molecule has 5 heteroatoms. The van der Waals surface area contributed by atoms with Crippen molar-refractivity contribution in [1.82, 2.24) is 9.80 Å². The summed E-state index contributed by atoms with van der Waals surface area (Å²) in [6.45, 7) is 5.78. The Hall–Kier alpha value is -2.53. The third-order valence-corrected chi connectivity index (χ3v) is 8.22. The van der Waals surface area contributed by atoms with Crippen LogP contribution in [0, 0.1) is 11.7 Å². The minimum Gasteiger partial charge on any atom is -0.299 e. The lowest BCUT2D eigenvalue weighted by atomic mass is 9.89. The summed E-state index contributed by atoms with van der Waals surface area (Å²) in [6.07, 6.45) is 6.05. The lowest BCUT2D eigenvalue weighted by Gasteiger charge is -2.32. The Morgan fingerprint density at radius 1 is 0.838 bits per heavy atom. The summed E-state index contributed by atoms with van der Waals surface area (Å²) in [5.41, 5.74) is 5.89. The van der Waals surface area contributed by atoms with Crippen LogP contribution in [0.2, 0.25) is 5.02 Å². The number of benzene rings is 3. The van der Waals surface area contributed by atoms with E-state index in [0.29, 0.717) is 12.3 Å². The number of piperidine rings is 1. The number of hydrogen-bond acceptors (Lipinski definition) is 3. The Bertz CT molecular complexity index is 1190. The second-order valence-corrected chi connectivity index (χ2v) is 11.2. The summed E-state index contributed by atoms with van der Waals surface area (Å²) in [7, 11) is 0. The van der Waals surface area contributed by atoms with Gasteiger partial charge in [0.05, 0.1) is 0 Å². The van der Waals surface area contributed by atoms with Gasteiger partial charge in [-0.05, 0) is 110 Å². The smallest absolute Gasteiger partial charge is 0.162 e. The van der Waals surface area contributed by atoms with Crippen molar-refractivity contribution in [3.05, 3.63) is 105 Å². The van der Waals surface area contributed by atoms with Gasteiger partial charge in [-0.25, -0.2) is 4.39 Å². The average molecular weight is 519 g/mol. The van der Waals surface area contributed by atoms with Crippen molar-refractivity contribution < 1.29 is 9.18 Å². The molecule has 3 aromatic carbocycles. The number of ketones is 1. The van der Waals surface area contributed by atoms with E-state index >= 15 is 0 Å². The molecule has 0 unspecified atom stereocenters. The van der Waals surface area contributed by atoms with E-state index in [-0.39, 0.29) is 11.6 Å². The van der Waals surface area contributed by atoms with Crippen LogP contribution in [0.15, 0.2) is 66.7 Å². The van der Waals surface area contributed by atoms with Crippen molar-refractivity contribution in [2.45, 2.75) is 58.2 Å². The third kappa shape index (κ3) is 7.28. The van der Waals surface area contributed by atoms with E-state index in [9.17, 15) is 9.18 Å². The van der Waals surface area contributed by atoms with Gasteiger partial charge in [-0.2, -0.15) is 0 Å². The number of rotatable bonds is 8. The molecule has 0 bridgehead atoms. The second kappa shape index (κ2) is 12.3. The fourth-order valence-electron chi connectivity index (χ4n) is 5.75. The standard InChI is InChI=1S/C32H36ClFN2O/c33-30-10-3-25(4-11-30)21-35-18-15-24(16-19-35)7-14-32(37)28-9-8-27-2-1-17-36(23-29(27)20-28)22-26-5-12-31(34)13-6-26/h3-6,8-13,20,24H,1-2,7,14-19,21-23H2. The maximum absolute atomic E-state index is 13.3. The topological polar surface area (TPSA) is 23.6 Å². The van der Waals surface area contributed by atoms with Crippen molar-refractivity contribution >= 4 is 17.4 Å². The molecular weight excluding hydrogens is 483 g/mol. The quantitative estimate of drug-likeness (QED) is 0.292. The van der Waals surface area contributed by atoms with E-state index in [1.165, 1.54) is 28.8 Å². The van der Waals surface area contributed by atoms with E-state index < -0.39 is 0 Å². The van der Waals surface area contributed by atoms with Crippen LogP contribution in [0.5, 0.6) is 0 Å². The molecule has 2 aliphatic heterocycles. The summed E-state index contributed by atoms with van der Waals surface area (Å²) in [4.78, 5) is 18.0. The zero-order valence-electron chi connectivity index (χ0n) is 21.5. The summed E-state index contributed by atoms with van der Waals surface area (Å²) in [5, 5.41) is 0.781. The van der Waals surface area contributed by atoms with Gasteiger partial charge in [0.2, 0.25) is 0 Å². The summed E-state index contributed by atoms with van der Waals surface area (Å²) in [5.74, 6) is 0.690. The van der Waals surface area contributed by atoms with Crippen molar-refractivity contribution in [2.24, 2.45) is 5.92 Å².